The van der Waals surface area contributed by atoms with Gasteiger partial charge in [0, 0.05) is 43.0 Å². The molecule has 0 radical (unpaired) electrons. The van der Waals surface area contributed by atoms with Crippen molar-refractivity contribution in [2.75, 3.05) is 24.5 Å². The number of H-pyrrole nitrogens is 1. The number of rotatable bonds is 4. The second-order valence-corrected chi connectivity index (χ2v) is 7.23. The van der Waals surface area contributed by atoms with Crippen LogP contribution in [0.25, 0.3) is 22.4 Å². The molecule has 1 saturated heterocycles. The number of aromatic nitrogens is 5. The molecule has 1 aliphatic heterocycles. The van der Waals surface area contributed by atoms with E-state index in [-0.39, 0.29) is 36.6 Å². The van der Waals surface area contributed by atoms with Crippen molar-refractivity contribution in [1.82, 2.24) is 30.7 Å². The SMILES string of the molecule is Cl.Cl.Oc1cc(-c2cn[nH]c2)ccc1-c1cnc(N2CCNC(c3ccccc3)C2)nn1. The first-order valence-corrected chi connectivity index (χ1v) is 9.83. The fraction of sp³-hybridized carbons (Fsp3) is 0.182. The number of aromatic amines is 1. The smallest absolute Gasteiger partial charge is 0.245 e. The van der Waals surface area contributed by atoms with E-state index in [0.717, 1.165) is 30.8 Å². The summed E-state index contributed by atoms with van der Waals surface area (Å²) in [5, 5.41) is 29.4. The van der Waals surface area contributed by atoms with Crippen molar-refractivity contribution in [3.8, 4) is 28.1 Å². The lowest BCUT2D eigenvalue weighted by Crippen LogP contribution is -2.46. The highest BCUT2D eigenvalue weighted by Crippen LogP contribution is 2.32. The van der Waals surface area contributed by atoms with Crippen LogP contribution in [-0.2, 0) is 0 Å². The van der Waals surface area contributed by atoms with E-state index in [1.54, 1.807) is 24.7 Å². The van der Waals surface area contributed by atoms with Crippen LogP contribution in [0.5, 0.6) is 5.75 Å². The Kier molecular flexibility index (Phi) is 7.63. The second kappa shape index (κ2) is 10.4. The third-order valence-corrected chi connectivity index (χ3v) is 5.31. The zero-order chi connectivity index (χ0) is 20.3. The molecule has 4 aromatic rings. The van der Waals surface area contributed by atoms with E-state index in [0.29, 0.717) is 17.2 Å². The van der Waals surface area contributed by atoms with E-state index < -0.39 is 0 Å². The van der Waals surface area contributed by atoms with Crippen molar-refractivity contribution < 1.29 is 5.11 Å². The van der Waals surface area contributed by atoms with Crippen LogP contribution in [0.4, 0.5) is 5.95 Å². The molecule has 2 aromatic carbocycles. The molecule has 1 atom stereocenters. The zero-order valence-corrected chi connectivity index (χ0v) is 18.7. The summed E-state index contributed by atoms with van der Waals surface area (Å²) in [5.74, 6) is 0.722. The fourth-order valence-corrected chi connectivity index (χ4v) is 3.71. The number of hydrogen-bond acceptors (Lipinski definition) is 7. The number of hydrogen-bond donors (Lipinski definition) is 3. The number of aromatic hydroxyl groups is 1. The molecule has 1 fully saturated rings. The predicted molar refractivity (Wildman–Crippen MR) is 128 cm³/mol. The highest BCUT2D eigenvalue weighted by Gasteiger charge is 2.23. The van der Waals surface area contributed by atoms with E-state index in [1.165, 1.54) is 5.56 Å². The summed E-state index contributed by atoms with van der Waals surface area (Å²) in [7, 11) is 0. The van der Waals surface area contributed by atoms with Crippen LogP contribution < -0.4 is 10.2 Å². The monoisotopic (exact) mass is 471 g/mol. The lowest BCUT2D eigenvalue weighted by atomic mass is 10.0. The van der Waals surface area contributed by atoms with E-state index in [2.05, 4.69) is 47.7 Å². The maximum atomic E-state index is 10.5. The average Bonchev–Trinajstić information content (AvgIpc) is 3.35. The summed E-state index contributed by atoms with van der Waals surface area (Å²) in [6.07, 6.45) is 5.15. The highest BCUT2D eigenvalue weighted by atomic mass is 35.5. The number of nitrogens with zero attached hydrogens (tertiary/aromatic N) is 5. The van der Waals surface area contributed by atoms with E-state index in [4.69, 9.17) is 0 Å². The normalized spacial score (nSPS) is 15.5. The first kappa shape index (κ1) is 23.5. The summed E-state index contributed by atoms with van der Waals surface area (Å²) in [4.78, 5) is 6.65. The Bertz CT molecular complexity index is 1130. The van der Waals surface area contributed by atoms with Gasteiger partial charge in [0.1, 0.15) is 11.4 Å². The van der Waals surface area contributed by atoms with Gasteiger partial charge in [-0.25, -0.2) is 4.98 Å². The van der Waals surface area contributed by atoms with Crippen LogP contribution in [-0.4, -0.2) is 50.1 Å². The molecule has 5 rings (SSSR count). The van der Waals surface area contributed by atoms with Crippen LogP contribution in [0.15, 0.2) is 67.1 Å². The van der Waals surface area contributed by atoms with Crippen molar-refractivity contribution in [3.05, 3.63) is 72.7 Å². The van der Waals surface area contributed by atoms with E-state index >= 15 is 0 Å². The minimum atomic E-state index is 0. The number of piperazine rings is 1. The van der Waals surface area contributed by atoms with Gasteiger partial charge >= 0.3 is 0 Å². The van der Waals surface area contributed by atoms with Crippen LogP contribution in [0.2, 0.25) is 0 Å². The topological polar surface area (TPSA) is 103 Å². The largest absolute Gasteiger partial charge is 0.507 e. The third kappa shape index (κ3) is 4.83. The molecule has 0 aliphatic carbocycles. The lowest BCUT2D eigenvalue weighted by Gasteiger charge is -2.33. The van der Waals surface area contributed by atoms with Gasteiger partial charge in [-0.15, -0.1) is 35.0 Å². The maximum absolute atomic E-state index is 10.5. The van der Waals surface area contributed by atoms with Gasteiger partial charge < -0.3 is 15.3 Å². The van der Waals surface area contributed by atoms with Crippen molar-refractivity contribution in [3.63, 3.8) is 0 Å². The molecule has 1 aliphatic rings. The molecule has 0 amide bonds. The molecule has 32 heavy (non-hydrogen) atoms. The molecule has 1 unspecified atom stereocenters. The Morgan fingerprint density at radius 3 is 2.50 bits per heavy atom. The lowest BCUT2D eigenvalue weighted by molar-refractivity contribution is 0.465. The molecular weight excluding hydrogens is 449 g/mol. The fourth-order valence-electron chi connectivity index (χ4n) is 3.71. The molecule has 10 heteroatoms. The zero-order valence-electron chi connectivity index (χ0n) is 17.0. The van der Waals surface area contributed by atoms with Crippen LogP contribution in [0, 0.1) is 0 Å². The van der Waals surface area contributed by atoms with Gasteiger partial charge in [-0.2, -0.15) is 5.10 Å². The molecule has 3 heterocycles. The number of halogens is 2. The Morgan fingerprint density at radius 1 is 0.969 bits per heavy atom. The first-order chi connectivity index (χ1) is 14.8. The molecule has 0 bridgehead atoms. The minimum Gasteiger partial charge on any atom is -0.507 e. The highest BCUT2D eigenvalue weighted by molar-refractivity contribution is 5.85. The third-order valence-electron chi connectivity index (χ3n) is 5.31. The summed E-state index contributed by atoms with van der Waals surface area (Å²) < 4.78 is 0. The molecule has 166 valence electrons. The summed E-state index contributed by atoms with van der Waals surface area (Å²) in [6.45, 7) is 2.44. The Morgan fingerprint density at radius 2 is 1.81 bits per heavy atom. The number of phenolic OH excluding ortho intramolecular Hbond substituents is 1. The maximum Gasteiger partial charge on any atom is 0.245 e. The Labute approximate surface area is 197 Å². The minimum absolute atomic E-state index is 0. The van der Waals surface area contributed by atoms with Gasteiger partial charge in [0.2, 0.25) is 5.95 Å². The van der Waals surface area contributed by atoms with Crippen LogP contribution >= 0.6 is 24.8 Å². The Hall–Kier alpha value is -3.20. The summed E-state index contributed by atoms with van der Waals surface area (Å²) >= 11 is 0. The molecular formula is C22H23Cl2N7O. The number of benzene rings is 2. The number of anilines is 1. The van der Waals surface area contributed by atoms with Crippen molar-refractivity contribution in [2.45, 2.75) is 6.04 Å². The van der Waals surface area contributed by atoms with Gasteiger partial charge in [-0.1, -0.05) is 36.4 Å². The first-order valence-electron chi connectivity index (χ1n) is 9.83. The van der Waals surface area contributed by atoms with Gasteiger partial charge in [0.05, 0.1) is 12.4 Å². The standard InChI is InChI=1S/C22H21N7O.2ClH/c30-21-10-16(17-11-25-26-12-17)6-7-18(21)19-13-24-22(28-27-19)29-9-8-23-20(14-29)15-4-2-1-3-5-15;;/h1-7,10-13,20,23,30H,8-9,14H2,(H,25,26);2*1H. The molecule has 2 aromatic heterocycles. The Balaban J connectivity index is 0.00000144. The van der Waals surface area contributed by atoms with Crippen LogP contribution in [0.3, 0.4) is 0 Å². The van der Waals surface area contributed by atoms with Gasteiger partial charge in [0.25, 0.3) is 0 Å². The average molecular weight is 472 g/mol. The summed E-state index contributed by atoms with van der Waals surface area (Å²) in [6, 6.07) is 16.0. The number of phenols is 1. The molecule has 3 N–H and O–H groups in total. The van der Waals surface area contributed by atoms with Gasteiger partial charge in [-0.3, -0.25) is 5.10 Å². The van der Waals surface area contributed by atoms with E-state index in [1.807, 2.05) is 30.3 Å². The summed E-state index contributed by atoms with van der Waals surface area (Å²) in [5.41, 5.74) is 4.15. The predicted octanol–water partition coefficient (Wildman–Crippen LogP) is 3.63. The molecule has 8 nitrogen and oxygen atoms in total. The van der Waals surface area contributed by atoms with Crippen molar-refractivity contribution in [2.24, 2.45) is 0 Å². The van der Waals surface area contributed by atoms with Crippen molar-refractivity contribution >= 4 is 30.8 Å². The van der Waals surface area contributed by atoms with Crippen molar-refractivity contribution in [1.29, 1.82) is 0 Å². The number of nitrogens with one attached hydrogen (secondary N) is 2. The van der Waals surface area contributed by atoms with Gasteiger partial charge in [-0.05, 0) is 23.3 Å². The molecule has 0 saturated carbocycles. The van der Waals surface area contributed by atoms with Crippen LogP contribution in [0.1, 0.15) is 11.6 Å². The van der Waals surface area contributed by atoms with Gasteiger partial charge in [0.15, 0.2) is 0 Å². The quantitative estimate of drug-likeness (QED) is 0.417. The van der Waals surface area contributed by atoms with E-state index in [9.17, 15) is 5.11 Å². The molecule has 0 spiro atoms. The second-order valence-electron chi connectivity index (χ2n) is 7.23.